The van der Waals surface area contributed by atoms with E-state index < -0.39 is 0 Å². The van der Waals surface area contributed by atoms with Gasteiger partial charge in [-0.3, -0.25) is 4.68 Å². The Bertz CT molecular complexity index is 646. The third-order valence-corrected chi connectivity index (χ3v) is 5.26. The number of hydrogen-bond donors (Lipinski definition) is 1. The number of hydrogen-bond acceptors (Lipinski definition) is 3. The molecule has 1 saturated heterocycles. The Morgan fingerprint density at radius 1 is 1.50 bits per heavy atom. The van der Waals surface area contributed by atoms with Crippen molar-refractivity contribution >= 4 is 34.7 Å². The summed E-state index contributed by atoms with van der Waals surface area (Å²) < 4.78 is 2.57. The molecule has 0 radical (unpaired) electrons. The molecule has 1 N–H and O–H groups in total. The lowest BCUT2D eigenvalue weighted by Crippen LogP contribution is -2.40. The van der Waals surface area contributed by atoms with Gasteiger partial charge in [0.1, 0.15) is 4.34 Å². The largest absolute Gasteiger partial charge is 0.324 e. The molecule has 1 aliphatic heterocycles. The third-order valence-electron chi connectivity index (χ3n) is 4.09. The van der Waals surface area contributed by atoms with Gasteiger partial charge in [-0.1, -0.05) is 11.6 Å². The molecule has 7 heteroatoms. The average Bonchev–Trinajstić information content (AvgIpc) is 3.17. The number of likely N-dealkylation sites (tertiary alicyclic amines) is 1. The van der Waals surface area contributed by atoms with Crippen molar-refractivity contribution in [2.75, 3.05) is 18.4 Å². The molecule has 0 unspecified atom stereocenters. The maximum absolute atomic E-state index is 12.3. The molecule has 3 rings (SSSR count). The van der Waals surface area contributed by atoms with Gasteiger partial charge in [0.25, 0.3) is 0 Å². The fraction of sp³-hybridized carbons (Fsp3) is 0.467. The van der Waals surface area contributed by atoms with Crippen LogP contribution in [0, 0.1) is 0 Å². The van der Waals surface area contributed by atoms with Crippen molar-refractivity contribution in [3.63, 3.8) is 0 Å². The summed E-state index contributed by atoms with van der Waals surface area (Å²) >= 11 is 7.44. The fourth-order valence-corrected chi connectivity index (χ4v) is 3.59. The van der Waals surface area contributed by atoms with E-state index in [0.717, 1.165) is 32.5 Å². The van der Waals surface area contributed by atoms with Crippen LogP contribution in [0.15, 0.2) is 23.8 Å². The van der Waals surface area contributed by atoms with Crippen molar-refractivity contribution in [1.82, 2.24) is 14.7 Å². The van der Waals surface area contributed by atoms with Crippen molar-refractivity contribution < 1.29 is 4.79 Å². The number of aromatic nitrogens is 2. The van der Waals surface area contributed by atoms with Crippen molar-refractivity contribution in [1.29, 1.82) is 0 Å². The SMILES string of the molecule is CCn1cc(C2CCN(C(=O)Nc3ccsc3Cl)CC2)cn1. The lowest BCUT2D eigenvalue weighted by molar-refractivity contribution is 0.194. The summed E-state index contributed by atoms with van der Waals surface area (Å²) in [5.41, 5.74) is 1.98. The smallest absolute Gasteiger partial charge is 0.321 e. The molecule has 0 saturated carbocycles. The summed E-state index contributed by atoms with van der Waals surface area (Å²) in [5, 5.41) is 9.08. The van der Waals surface area contributed by atoms with Crippen LogP contribution in [0.25, 0.3) is 0 Å². The summed E-state index contributed by atoms with van der Waals surface area (Å²) in [6.07, 6.45) is 6.01. The Kier molecular flexibility index (Phi) is 4.69. The molecule has 22 heavy (non-hydrogen) atoms. The number of rotatable bonds is 3. The molecule has 5 nitrogen and oxygen atoms in total. The lowest BCUT2D eigenvalue weighted by atomic mass is 9.92. The summed E-state index contributed by atoms with van der Waals surface area (Å²) in [6.45, 7) is 4.49. The van der Waals surface area contributed by atoms with Gasteiger partial charge in [-0.05, 0) is 42.7 Å². The summed E-state index contributed by atoms with van der Waals surface area (Å²) in [4.78, 5) is 14.1. The molecular formula is C15H19ClN4OS. The number of halogens is 1. The molecule has 1 aliphatic rings. The first-order chi connectivity index (χ1) is 10.7. The molecule has 0 bridgehead atoms. The number of thiophene rings is 1. The zero-order chi connectivity index (χ0) is 15.5. The van der Waals surface area contributed by atoms with E-state index in [0.29, 0.717) is 15.9 Å². The highest BCUT2D eigenvalue weighted by molar-refractivity contribution is 7.15. The number of anilines is 1. The van der Waals surface area contributed by atoms with Crippen molar-refractivity contribution in [2.24, 2.45) is 0 Å². The Hall–Kier alpha value is -1.53. The van der Waals surface area contributed by atoms with Crippen LogP contribution in [0.4, 0.5) is 10.5 Å². The van der Waals surface area contributed by atoms with E-state index in [1.54, 1.807) is 0 Å². The normalized spacial score (nSPS) is 16.0. The summed E-state index contributed by atoms with van der Waals surface area (Å²) in [5.74, 6) is 0.495. The Labute approximate surface area is 138 Å². The molecule has 0 aliphatic carbocycles. The highest BCUT2D eigenvalue weighted by Gasteiger charge is 2.25. The molecule has 0 atom stereocenters. The van der Waals surface area contributed by atoms with Crippen LogP contribution in [0.3, 0.4) is 0 Å². The lowest BCUT2D eigenvalue weighted by Gasteiger charge is -2.31. The van der Waals surface area contributed by atoms with Gasteiger partial charge < -0.3 is 10.2 Å². The van der Waals surface area contributed by atoms with Crippen LogP contribution >= 0.6 is 22.9 Å². The molecule has 2 amide bonds. The monoisotopic (exact) mass is 338 g/mol. The van der Waals surface area contributed by atoms with Crippen LogP contribution in [0.5, 0.6) is 0 Å². The Balaban J connectivity index is 1.55. The Morgan fingerprint density at radius 3 is 2.86 bits per heavy atom. The predicted molar refractivity (Wildman–Crippen MR) is 89.8 cm³/mol. The van der Waals surface area contributed by atoms with E-state index in [1.165, 1.54) is 16.9 Å². The van der Waals surface area contributed by atoms with E-state index in [1.807, 2.05) is 27.2 Å². The highest BCUT2D eigenvalue weighted by Crippen LogP contribution is 2.30. The third kappa shape index (κ3) is 3.28. The topological polar surface area (TPSA) is 50.2 Å². The number of nitrogens with zero attached hydrogens (tertiary/aromatic N) is 3. The number of urea groups is 1. The second kappa shape index (κ2) is 6.71. The Morgan fingerprint density at radius 2 is 2.27 bits per heavy atom. The zero-order valence-corrected chi connectivity index (χ0v) is 14.0. The first-order valence-electron chi connectivity index (χ1n) is 7.48. The van der Waals surface area contributed by atoms with Crippen molar-refractivity contribution in [3.05, 3.63) is 33.7 Å². The van der Waals surface area contributed by atoms with Gasteiger partial charge in [0.2, 0.25) is 0 Å². The maximum Gasteiger partial charge on any atom is 0.321 e. The van der Waals surface area contributed by atoms with Crippen molar-refractivity contribution in [2.45, 2.75) is 32.2 Å². The van der Waals surface area contributed by atoms with E-state index >= 15 is 0 Å². The van der Waals surface area contributed by atoms with Gasteiger partial charge in [-0.2, -0.15) is 5.10 Å². The zero-order valence-electron chi connectivity index (χ0n) is 12.5. The van der Waals surface area contributed by atoms with E-state index in [4.69, 9.17) is 11.6 Å². The minimum absolute atomic E-state index is 0.0667. The minimum atomic E-state index is -0.0667. The van der Waals surface area contributed by atoms with E-state index in [2.05, 4.69) is 23.5 Å². The molecule has 0 spiro atoms. The van der Waals surface area contributed by atoms with Crippen LogP contribution in [0.1, 0.15) is 31.2 Å². The molecular weight excluding hydrogens is 320 g/mol. The number of nitrogens with one attached hydrogen (secondary N) is 1. The molecule has 1 fully saturated rings. The fourth-order valence-electron chi connectivity index (χ4n) is 2.76. The number of amides is 2. The van der Waals surface area contributed by atoms with Crippen LogP contribution in [0.2, 0.25) is 4.34 Å². The number of aryl methyl sites for hydroxylation is 1. The molecule has 118 valence electrons. The summed E-state index contributed by atoms with van der Waals surface area (Å²) in [7, 11) is 0. The molecule has 2 aromatic heterocycles. The standard InChI is InChI=1S/C15H19ClN4OS/c1-2-20-10-12(9-17-20)11-3-6-19(7-4-11)15(21)18-13-5-8-22-14(13)16/h5,8-11H,2-4,6-7H2,1H3,(H,18,21). The number of carbonyl (C=O) groups is 1. The second-order valence-electron chi connectivity index (χ2n) is 5.43. The highest BCUT2D eigenvalue weighted by atomic mass is 35.5. The van der Waals surface area contributed by atoms with Crippen molar-refractivity contribution in [3.8, 4) is 0 Å². The first kappa shape index (κ1) is 15.4. The van der Waals surface area contributed by atoms with Gasteiger partial charge in [0.15, 0.2) is 0 Å². The van der Waals surface area contributed by atoms with Gasteiger partial charge in [-0.25, -0.2) is 4.79 Å². The van der Waals surface area contributed by atoms with Gasteiger partial charge in [-0.15, -0.1) is 11.3 Å². The second-order valence-corrected chi connectivity index (χ2v) is 6.95. The van der Waals surface area contributed by atoms with Crippen LogP contribution in [-0.2, 0) is 6.54 Å². The predicted octanol–water partition coefficient (Wildman–Crippen LogP) is 4.03. The first-order valence-corrected chi connectivity index (χ1v) is 8.74. The molecule has 2 aromatic rings. The molecule has 0 aromatic carbocycles. The average molecular weight is 339 g/mol. The minimum Gasteiger partial charge on any atom is -0.324 e. The van der Waals surface area contributed by atoms with Gasteiger partial charge in [0.05, 0.1) is 11.9 Å². The van der Waals surface area contributed by atoms with E-state index in [-0.39, 0.29) is 6.03 Å². The number of piperidine rings is 1. The number of carbonyl (C=O) groups excluding carboxylic acids is 1. The molecule has 3 heterocycles. The maximum atomic E-state index is 12.3. The van der Waals surface area contributed by atoms with Crippen LogP contribution < -0.4 is 5.32 Å². The van der Waals surface area contributed by atoms with Crippen LogP contribution in [-0.4, -0.2) is 33.8 Å². The quantitative estimate of drug-likeness (QED) is 0.918. The van der Waals surface area contributed by atoms with Gasteiger partial charge >= 0.3 is 6.03 Å². The van der Waals surface area contributed by atoms with E-state index in [9.17, 15) is 4.79 Å². The summed E-state index contributed by atoms with van der Waals surface area (Å²) in [6, 6.07) is 1.76. The van der Waals surface area contributed by atoms with Gasteiger partial charge in [0, 0.05) is 25.8 Å².